The lowest BCUT2D eigenvalue weighted by Gasteiger charge is -2.20. The van der Waals surface area contributed by atoms with Crippen LogP contribution in [0.25, 0.3) is 17.0 Å². The summed E-state index contributed by atoms with van der Waals surface area (Å²) in [5.41, 5.74) is 3.09. The SMILES string of the molecule is c1ccc2c(c1)OCc1cnc3ncnn3c1-2. The summed E-state index contributed by atoms with van der Waals surface area (Å²) in [5, 5.41) is 4.22. The zero-order valence-corrected chi connectivity index (χ0v) is 8.87. The number of fused-ring (bicyclic) bond motifs is 5. The minimum Gasteiger partial charge on any atom is -0.488 e. The third kappa shape index (κ3) is 1.10. The van der Waals surface area contributed by atoms with Gasteiger partial charge in [-0.3, -0.25) is 0 Å². The molecular formula is C12H8N4O. The molecule has 5 heteroatoms. The van der Waals surface area contributed by atoms with E-state index in [1.807, 2.05) is 24.3 Å². The van der Waals surface area contributed by atoms with Gasteiger partial charge in [0.1, 0.15) is 18.7 Å². The fourth-order valence-electron chi connectivity index (χ4n) is 2.15. The maximum atomic E-state index is 5.67. The molecule has 0 N–H and O–H groups in total. The molecule has 0 amide bonds. The summed E-state index contributed by atoms with van der Waals surface area (Å²) < 4.78 is 7.43. The third-order valence-corrected chi connectivity index (χ3v) is 2.91. The van der Waals surface area contributed by atoms with Gasteiger partial charge in [-0.2, -0.15) is 14.6 Å². The van der Waals surface area contributed by atoms with Gasteiger partial charge in [0.15, 0.2) is 0 Å². The molecule has 3 heterocycles. The van der Waals surface area contributed by atoms with E-state index in [0.29, 0.717) is 12.4 Å². The molecule has 0 aliphatic carbocycles. The Morgan fingerprint density at radius 2 is 2.12 bits per heavy atom. The first kappa shape index (κ1) is 8.69. The molecule has 1 aliphatic heterocycles. The molecule has 0 saturated heterocycles. The van der Waals surface area contributed by atoms with Crippen LogP contribution in [0.5, 0.6) is 5.75 Å². The Hall–Kier alpha value is -2.43. The second-order valence-corrected chi connectivity index (χ2v) is 3.89. The molecule has 2 aromatic heterocycles. The summed E-state index contributed by atoms with van der Waals surface area (Å²) in [6.07, 6.45) is 3.32. The van der Waals surface area contributed by atoms with E-state index >= 15 is 0 Å². The van der Waals surface area contributed by atoms with E-state index in [-0.39, 0.29) is 0 Å². The fourth-order valence-corrected chi connectivity index (χ4v) is 2.15. The van der Waals surface area contributed by atoms with Crippen LogP contribution >= 0.6 is 0 Å². The topological polar surface area (TPSA) is 52.3 Å². The lowest BCUT2D eigenvalue weighted by atomic mass is 10.0. The van der Waals surface area contributed by atoms with Crippen molar-refractivity contribution < 1.29 is 4.74 Å². The molecule has 0 saturated carbocycles. The average molecular weight is 224 g/mol. The molecule has 3 aromatic rings. The van der Waals surface area contributed by atoms with Crippen molar-refractivity contribution in [2.24, 2.45) is 0 Å². The molecule has 1 aliphatic rings. The first-order valence-electron chi connectivity index (χ1n) is 5.33. The van der Waals surface area contributed by atoms with Gasteiger partial charge >= 0.3 is 0 Å². The van der Waals surface area contributed by atoms with Crippen molar-refractivity contribution in [3.05, 3.63) is 42.4 Å². The minimum absolute atomic E-state index is 0.523. The maximum Gasteiger partial charge on any atom is 0.252 e. The summed E-state index contributed by atoms with van der Waals surface area (Å²) in [5.74, 6) is 1.49. The first-order valence-corrected chi connectivity index (χ1v) is 5.33. The molecule has 1 aromatic carbocycles. The number of hydrogen-bond acceptors (Lipinski definition) is 4. The molecule has 0 atom stereocenters. The summed E-state index contributed by atoms with van der Waals surface area (Å²) in [6, 6.07) is 7.93. The number of benzene rings is 1. The predicted molar refractivity (Wildman–Crippen MR) is 60.6 cm³/mol. The second kappa shape index (κ2) is 3.04. The van der Waals surface area contributed by atoms with Crippen LogP contribution in [0.4, 0.5) is 0 Å². The van der Waals surface area contributed by atoms with Gasteiger partial charge in [-0.25, -0.2) is 4.98 Å². The van der Waals surface area contributed by atoms with Gasteiger partial charge in [0, 0.05) is 17.3 Å². The number of rotatable bonds is 0. The smallest absolute Gasteiger partial charge is 0.252 e. The summed E-state index contributed by atoms with van der Waals surface area (Å²) in [6.45, 7) is 0.523. The van der Waals surface area contributed by atoms with Crippen molar-refractivity contribution in [1.82, 2.24) is 19.6 Å². The minimum atomic E-state index is 0.523. The van der Waals surface area contributed by atoms with Crippen LogP contribution in [-0.2, 0) is 6.61 Å². The van der Waals surface area contributed by atoms with E-state index in [1.165, 1.54) is 6.33 Å². The maximum absolute atomic E-state index is 5.67. The first-order chi connectivity index (χ1) is 8.43. The average Bonchev–Trinajstić information content (AvgIpc) is 2.86. The van der Waals surface area contributed by atoms with Gasteiger partial charge in [-0.1, -0.05) is 12.1 Å². The fraction of sp³-hybridized carbons (Fsp3) is 0.0833. The van der Waals surface area contributed by atoms with E-state index in [4.69, 9.17) is 4.74 Å². The van der Waals surface area contributed by atoms with Crippen molar-refractivity contribution in [3.8, 4) is 17.0 Å². The Bertz CT molecular complexity index is 719. The Balaban J connectivity index is 2.16. The van der Waals surface area contributed by atoms with E-state index in [9.17, 15) is 0 Å². The van der Waals surface area contributed by atoms with Crippen molar-refractivity contribution in [2.45, 2.75) is 6.61 Å². The molecule has 4 rings (SSSR count). The Labute approximate surface area is 96.7 Å². The predicted octanol–water partition coefficient (Wildman–Crippen LogP) is 1.68. The van der Waals surface area contributed by atoms with Crippen LogP contribution in [0.3, 0.4) is 0 Å². The zero-order chi connectivity index (χ0) is 11.2. The van der Waals surface area contributed by atoms with Crippen molar-refractivity contribution in [3.63, 3.8) is 0 Å². The zero-order valence-electron chi connectivity index (χ0n) is 8.87. The Morgan fingerprint density at radius 3 is 3.12 bits per heavy atom. The number of nitrogens with zero attached hydrogens (tertiary/aromatic N) is 4. The van der Waals surface area contributed by atoms with Crippen LogP contribution in [0, 0.1) is 0 Å². The molecule has 0 fully saturated rings. The standard InChI is InChI=1S/C12H8N4O/c1-2-4-10-9(3-1)11-8(6-17-10)5-13-12-14-7-15-16(11)12/h1-5,7H,6H2. The number of ether oxygens (including phenoxy) is 1. The second-order valence-electron chi connectivity index (χ2n) is 3.89. The van der Waals surface area contributed by atoms with Gasteiger partial charge in [-0.15, -0.1) is 0 Å². The third-order valence-electron chi connectivity index (χ3n) is 2.91. The van der Waals surface area contributed by atoms with Crippen LogP contribution < -0.4 is 4.74 Å². The summed E-state index contributed by atoms with van der Waals surface area (Å²) in [7, 11) is 0. The molecule has 17 heavy (non-hydrogen) atoms. The van der Waals surface area contributed by atoms with E-state index in [0.717, 1.165) is 22.6 Å². The van der Waals surface area contributed by atoms with Crippen molar-refractivity contribution >= 4 is 5.78 Å². The van der Waals surface area contributed by atoms with Gasteiger partial charge in [0.2, 0.25) is 0 Å². The normalized spacial score (nSPS) is 12.9. The summed E-state index contributed by atoms with van der Waals surface area (Å²) >= 11 is 0. The number of aromatic nitrogens is 4. The van der Waals surface area contributed by atoms with Gasteiger partial charge in [0.25, 0.3) is 5.78 Å². The number of para-hydroxylation sites is 1. The lowest BCUT2D eigenvalue weighted by Crippen LogP contribution is -2.10. The highest BCUT2D eigenvalue weighted by Crippen LogP contribution is 2.36. The van der Waals surface area contributed by atoms with Crippen LogP contribution in [0.2, 0.25) is 0 Å². The van der Waals surface area contributed by atoms with Gasteiger partial charge in [0.05, 0.1) is 5.69 Å². The highest BCUT2D eigenvalue weighted by Gasteiger charge is 2.20. The molecule has 0 spiro atoms. The molecule has 0 radical (unpaired) electrons. The van der Waals surface area contributed by atoms with E-state index in [1.54, 1.807) is 10.7 Å². The highest BCUT2D eigenvalue weighted by molar-refractivity contribution is 5.72. The van der Waals surface area contributed by atoms with Crippen LogP contribution in [0.15, 0.2) is 36.8 Å². The molecular weight excluding hydrogens is 216 g/mol. The summed E-state index contributed by atoms with van der Waals surface area (Å²) in [4.78, 5) is 8.34. The van der Waals surface area contributed by atoms with Crippen LogP contribution in [0.1, 0.15) is 5.56 Å². The molecule has 0 bridgehead atoms. The van der Waals surface area contributed by atoms with E-state index in [2.05, 4.69) is 15.1 Å². The Kier molecular flexibility index (Phi) is 1.55. The Morgan fingerprint density at radius 1 is 1.18 bits per heavy atom. The molecule has 0 unspecified atom stereocenters. The molecule has 82 valence electrons. The van der Waals surface area contributed by atoms with Gasteiger partial charge in [-0.05, 0) is 12.1 Å². The number of hydrogen-bond donors (Lipinski definition) is 0. The quantitative estimate of drug-likeness (QED) is 0.583. The van der Waals surface area contributed by atoms with E-state index < -0.39 is 0 Å². The highest BCUT2D eigenvalue weighted by atomic mass is 16.5. The monoisotopic (exact) mass is 224 g/mol. The lowest BCUT2D eigenvalue weighted by molar-refractivity contribution is 0.300. The van der Waals surface area contributed by atoms with Gasteiger partial charge < -0.3 is 4.74 Å². The molecule has 5 nitrogen and oxygen atoms in total. The van der Waals surface area contributed by atoms with Crippen molar-refractivity contribution in [1.29, 1.82) is 0 Å². The van der Waals surface area contributed by atoms with Crippen molar-refractivity contribution in [2.75, 3.05) is 0 Å². The van der Waals surface area contributed by atoms with Crippen LogP contribution in [-0.4, -0.2) is 19.6 Å². The largest absolute Gasteiger partial charge is 0.488 e.